The number of hydrogen-bond acceptors (Lipinski definition) is 6. The second kappa shape index (κ2) is 8.30. The van der Waals surface area contributed by atoms with Crippen LogP contribution in [0.4, 0.5) is 13.2 Å². The Morgan fingerprint density at radius 1 is 1.12 bits per heavy atom. The van der Waals surface area contributed by atoms with Crippen molar-refractivity contribution < 1.29 is 30.0 Å². The number of nitrogens with zero attached hydrogens (tertiary/aromatic N) is 1. The molecular formula is C14H15F3N2O4S2. The van der Waals surface area contributed by atoms with Gasteiger partial charge in [-0.2, -0.15) is 5.10 Å². The summed E-state index contributed by atoms with van der Waals surface area (Å²) in [6.45, 7) is 6.09. The lowest BCUT2D eigenvalue weighted by Gasteiger charge is -2.07. The van der Waals surface area contributed by atoms with Gasteiger partial charge in [-0.25, -0.2) is 30.0 Å². The average molecular weight is 396 g/mol. The van der Waals surface area contributed by atoms with E-state index in [2.05, 4.69) is 23.7 Å². The van der Waals surface area contributed by atoms with Crippen LogP contribution in [0.2, 0.25) is 0 Å². The summed E-state index contributed by atoms with van der Waals surface area (Å²) in [6.07, 6.45) is -3.08. The molecule has 1 aromatic carbocycles. The predicted molar refractivity (Wildman–Crippen MR) is 87.9 cm³/mol. The zero-order valence-corrected chi connectivity index (χ0v) is 14.4. The summed E-state index contributed by atoms with van der Waals surface area (Å²) in [4.78, 5) is -0.167. The molecule has 0 amide bonds. The summed E-state index contributed by atoms with van der Waals surface area (Å²) < 4.78 is 81.7. The highest BCUT2D eigenvalue weighted by Crippen LogP contribution is 2.21. The van der Waals surface area contributed by atoms with Gasteiger partial charge in [-0.1, -0.05) is 13.2 Å². The van der Waals surface area contributed by atoms with Gasteiger partial charge in [0.05, 0.1) is 4.90 Å². The van der Waals surface area contributed by atoms with Crippen molar-refractivity contribution >= 4 is 24.7 Å². The molecule has 0 saturated carbocycles. The van der Waals surface area contributed by atoms with Crippen LogP contribution in [0.5, 0.6) is 0 Å². The highest BCUT2D eigenvalue weighted by molar-refractivity contribution is 8.06. The molecule has 0 radical (unpaired) electrons. The lowest BCUT2D eigenvalue weighted by Crippen LogP contribution is -2.28. The summed E-state index contributed by atoms with van der Waals surface area (Å²) in [5.74, 6) is -0.578. The first-order valence-corrected chi connectivity index (χ1v) is 9.73. The molecule has 0 bridgehead atoms. The number of halogens is 3. The molecule has 6 nitrogen and oxygen atoms in total. The Morgan fingerprint density at radius 3 is 2.00 bits per heavy atom. The van der Waals surface area contributed by atoms with E-state index >= 15 is 0 Å². The zero-order chi connectivity index (χ0) is 19.3. The van der Waals surface area contributed by atoms with E-state index in [4.69, 9.17) is 0 Å². The number of alkyl halides is 2. The molecule has 0 spiro atoms. The third-order valence-corrected chi connectivity index (χ3v) is 5.65. The number of rotatable bonds is 4. The molecule has 2 rings (SSSR count). The molecule has 0 aliphatic carbocycles. The van der Waals surface area contributed by atoms with Gasteiger partial charge < -0.3 is 0 Å². The van der Waals surface area contributed by atoms with Crippen LogP contribution >= 0.6 is 0 Å². The Hall–Kier alpha value is -2.14. The van der Waals surface area contributed by atoms with Gasteiger partial charge in [-0.3, -0.25) is 5.43 Å². The van der Waals surface area contributed by atoms with Crippen molar-refractivity contribution in [3.05, 3.63) is 54.1 Å². The second-order valence-electron chi connectivity index (χ2n) is 4.66. The van der Waals surface area contributed by atoms with Crippen LogP contribution in [0, 0.1) is 5.82 Å². The smallest absolute Gasteiger partial charge is 0.260 e. The molecule has 11 heteroatoms. The lowest BCUT2D eigenvalue weighted by atomic mass is 10.2. The Kier molecular flexibility index (Phi) is 6.94. The van der Waals surface area contributed by atoms with Gasteiger partial charge >= 0.3 is 0 Å². The van der Waals surface area contributed by atoms with E-state index in [9.17, 15) is 30.0 Å². The number of nitrogens with one attached hydrogen (secondary N) is 1. The highest BCUT2D eigenvalue weighted by atomic mass is 32.2. The molecule has 0 saturated heterocycles. The predicted octanol–water partition coefficient (Wildman–Crippen LogP) is 2.23. The number of sulfone groups is 2. The molecular weight excluding hydrogens is 381 g/mol. The minimum atomic E-state index is -3.93. The second-order valence-corrected chi connectivity index (χ2v) is 8.45. The van der Waals surface area contributed by atoms with E-state index in [0.717, 1.165) is 35.1 Å². The van der Waals surface area contributed by atoms with Gasteiger partial charge in [-0.05, 0) is 24.3 Å². The Balaban J connectivity index is 0.000000381. The van der Waals surface area contributed by atoms with Gasteiger partial charge in [0, 0.05) is 17.2 Å². The Labute approximate surface area is 143 Å². The Bertz CT molecular complexity index is 850. The maximum absolute atomic E-state index is 12.7. The van der Waals surface area contributed by atoms with Crippen molar-refractivity contribution in [1.29, 1.82) is 0 Å². The first-order valence-electron chi connectivity index (χ1n) is 6.64. The molecule has 0 aromatic heterocycles. The van der Waals surface area contributed by atoms with E-state index in [1.54, 1.807) is 0 Å². The third-order valence-electron chi connectivity index (χ3n) is 2.95. The summed E-state index contributed by atoms with van der Waals surface area (Å²) in [5, 5.41) is 4.75. The monoisotopic (exact) mass is 396 g/mol. The molecule has 1 N–H and O–H groups in total. The van der Waals surface area contributed by atoms with E-state index in [0.29, 0.717) is 0 Å². The van der Waals surface area contributed by atoms with Crippen LogP contribution < -0.4 is 5.43 Å². The zero-order valence-electron chi connectivity index (χ0n) is 12.8. The van der Waals surface area contributed by atoms with Crippen molar-refractivity contribution in [1.82, 2.24) is 5.43 Å². The molecule has 1 aliphatic heterocycles. The molecule has 25 heavy (non-hydrogen) atoms. The normalized spacial score (nSPS) is 17.1. The van der Waals surface area contributed by atoms with Crippen LogP contribution in [-0.4, -0.2) is 34.3 Å². The molecule has 138 valence electrons. The molecule has 1 aliphatic rings. The Morgan fingerprint density at radius 2 is 1.64 bits per heavy atom. The van der Waals surface area contributed by atoms with Crippen LogP contribution in [-0.2, 0) is 19.7 Å². The van der Waals surface area contributed by atoms with Crippen LogP contribution in [0.25, 0.3) is 0 Å². The van der Waals surface area contributed by atoms with Crippen molar-refractivity contribution in [2.45, 2.75) is 23.8 Å². The topological polar surface area (TPSA) is 92.7 Å². The lowest BCUT2D eigenvalue weighted by molar-refractivity contribution is 0.106. The number of hydrazone groups is 1. The SMILES string of the molecule is C=CS(=O)(=O)C=C.O=S(=O)(C1=NNC(C(F)F)C1)c1ccc(F)cc1. The average Bonchev–Trinajstić information content (AvgIpc) is 3.07. The fourth-order valence-electron chi connectivity index (χ4n) is 1.57. The van der Waals surface area contributed by atoms with Gasteiger partial charge in [0.2, 0.25) is 9.84 Å². The van der Waals surface area contributed by atoms with Crippen LogP contribution in [0.15, 0.2) is 58.2 Å². The van der Waals surface area contributed by atoms with Crippen LogP contribution in [0.1, 0.15) is 6.42 Å². The highest BCUT2D eigenvalue weighted by Gasteiger charge is 2.34. The number of hydrogen-bond donors (Lipinski definition) is 1. The first-order chi connectivity index (χ1) is 11.5. The summed E-state index contributed by atoms with van der Waals surface area (Å²) in [6, 6.07) is 2.82. The fraction of sp³-hybridized carbons (Fsp3) is 0.214. The number of benzene rings is 1. The quantitative estimate of drug-likeness (QED) is 0.788. The maximum atomic E-state index is 12.7. The minimum absolute atomic E-state index is 0.167. The van der Waals surface area contributed by atoms with Crippen molar-refractivity contribution in [3.8, 4) is 0 Å². The van der Waals surface area contributed by atoms with E-state index in [-0.39, 0.29) is 16.4 Å². The van der Waals surface area contributed by atoms with Gasteiger partial charge in [0.1, 0.15) is 11.9 Å². The van der Waals surface area contributed by atoms with E-state index in [1.165, 1.54) is 0 Å². The van der Waals surface area contributed by atoms with E-state index < -0.39 is 38.0 Å². The molecule has 1 unspecified atom stereocenters. The summed E-state index contributed by atoms with van der Waals surface area (Å²) >= 11 is 0. The molecule has 0 fully saturated rings. The van der Waals surface area contributed by atoms with Crippen molar-refractivity contribution in [2.24, 2.45) is 5.10 Å². The van der Waals surface area contributed by atoms with Gasteiger partial charge in [0.15, 0.2) is 14.9 Å². The molecule has 1 heterocycles. The van der Waals surface area contributed by atoms with Gasteiger partial charge in [-0.15, -0.1) is 0 Å². The van der Waals surface area contributed by atoms with Crippen molar-refractivity contribution in [3.63, 3.8) is 0 Å². The molecule has 1 aromatic rings. The largest absolute Gasteiger partial charge is 0.300 e. The standard InChI is InChI=1S/C10H9F3N2O2S.C4H6O2S/c11-6-1-3-7(4-2-6)18(16,17)9-5-8(10(12)13)14-15-9;1-3-7(5,6)4-2/h1-4,8,10,14H,5H2;3-4H,1-2H2. The van der Waals surface area contributed by atoms with Crippen LogP contribution in [0.3, 0.4) is 0 Å². The summed E-state index contributed by atoms with van der Waals surface area (Å²) in [7, 11) is -7.06. The minimum Gasteiger partial charge on any atom is -0.300 e. The first kappa shape index (κ1) is 20.9. The van der Waals surface area contributed by atoms with E-state index in [1.807, 2.05) is 0 Å². The maximum Gasteiger partial charge on any atom is 0.260 e. The summed E-state index contributed by atoms with van der Waals surface area (Å²) in [5.41, 5.74) is 2.08. The van der Waals surface area contributed by atoms with Crippen molar-refractivity contribution in [2.75, 3.05) is 0 Å². The molecule has 1 atom stereocenters. The fourth-order valence-corrected chi connectivity index (χ4v) is 3.04. The van der Waals surface area contributed by atoms with Gasteiger partial charge in [0.25, 0.3) is 6.43 Å². The third kappa shape index (κ3) is 5.71.